The lowest BCUT2D eigenvalue weighted by Crippen LogP contribution is -2.18. The Balaban J connectivity index is 2.21. The highest BCUT2D eigenvalue weighted by molar-refractivity contribution is 5.91. The monoisotopic (exact) mass is 273 g/mol. The third kappa shape index (κ3) is 3.15. The number of hydrogen-bond acceptors (Lipinski definition) is 3. The maximum absolute atomic E-state index is 12.9. The number of anilines is 1. The molecule has 0 radical (unpaired) electrons. The van der Waals surface area contributed by atoms with Crippen LogP contribution in [0.1, 0.15) is 15.9 Å². The first-order valence-corrected chi connectivity index (χ1v) is 6.24. The zero-order valence-corrected chi connectivity index (χ0v) is 11.5. The molecule has 0 saturated carbocycles. The highest BCUT2D eigenvalue weighted by Gasteiger charge is 2.12. The Morgan fingerprint density at radius 2 is 1.80 bits per heavy atom. The van der Waals surface area contributed by atoms with Gasteiger partial charge in [0.25, 0.3) is 0 Å². The summed E-state index contributed by atoms with van der Waals surface area (Å²) in [5.74, 6) is -0.620. The van der Waals surface area contributed by atoms with Crippen molar-refractivity contribution < 1.29 is 13.9 Å². The average molecular weight is 273 g/mol. The second-order valence-electron chi connectivity index (χ2n) is 4.48. The molecule has 0 saturated heterocycles. The molecule has 0 aliphatic rings. The van der Waals surface area contributed by atoms with Gasteiger partial charge in [-0.1, -0.05) is 18.2 Å². The van der Waals surface area contributed by atoms with Crippen LogP contribution in [0.4, 0.5) is 10.1 Å². The zero-order chi connectivity index (χ0) is 14.5. The van der Waals surface area contributed by atoms with Gasteiger partial charge in [0.15, 0.2) is 0 Å². The van der Waals surface area contributed by atoms with E-state index in [0.29, 0.717) is 12.1 Å². The molecule has 0 bridgehead atoms. The molecule has 0 N–H and O–H groups in total. The first-order chi connectivity index (χ1) is 9.61. The summed E-state index contributed by atoms with van der Waals surface area (Å²) in [6.45, 7) is 0.539. The Morgan fingerprint density at radius 3 is 2.45 bits per heavy atom. The predicted molar refractivity (Wildman–Crippen MR) is 76.3 cm³/mol. The van der Waals surface area contributed by atoms with Crippen LogP contribution in [0.5, 0.6) is 0 Å². The van der Waals surface area contributed by atoms with Crippen LogP contribution < -0.4 is 4.90 Å². The van der Waals surface area contributed by atoms with E-state index >= 15 is 0 Å². The highest BCUT2D eigenvalue weighted by atomic mass is 19.1. The van der Waals surface area contributed by atoms with Crippen molar-refractivity contribution in [3.05, 3.63) is 65.5 Å². The van der Waals surface area contributed by atoms with Gasteiger partial charge in [-0.2, -0.15) is 0 Å². The van der Waals surface area contributed by atoms with Crippen molar-refractivity contribution in [1.82, 2.24) is 0 Å². The minimum atomic E-state index is -0.354. The van der Waals surface area contributed by atoms with E-state index < -0.39 is 0 Å². The van der Waals surface area contributed by atoms with Gasteiger partial charge < -0.3 is 9.64 Å². The van der Waals surface area contributed by atoms with E-state index in [2.05, 4.69) is 0 Å². The SMILES string of the molecule is COC(=O)c1ccccc1CN(C)c1ccc(F)cc1. The molecule has 0 aromatic heterocycles. The number of benzene rings is 2. The average Bonchev–Trinajstić information content (AvgIpc) is 2.47. The Hall–Kier alpha value is -2.36. The summed E-state index contributed by atoms with van der Waals surface area (Å²) in [6.07, 6.45) is 0. The molecule has 0 amide bonds. The molecule has 2 rings (SSSR count). The molecule has 0 fully saturated rings. The topological polar surface area (TPSA) is 29.5 Å². The van der Waals surface area contributed by atoms with Gasteiger partial charge in [-0.15, -0.1) is 0 Å². The smallest absolute Gasteiger partial charge is 0.338 e. The molecule has 20 heavy (non-hydrogen) atoms. The molecular weight excluding hydrogens is 257 g/mol. The van der Waals surface area contributed by atoms with Crippen molar-refractivity contribution >= 4 is 11.7 Å². The van der Waals surface area contributed by atoms with E-state index in [4.69, 9.17) is 4.74 Å². The molecule has 0 heterocycles. The number of rotatable bonds is 4. The number of hydrogen-bond donors (Lipinski definition) is 0. The minimum absolute atomic E-state index is 0.267. The van der Waals surface area contributed by atoms with Crippen LogP contribution in [-0.4, -0.2) is 20.1 Å². The fourth-order valence-corrected chi connectivity index (χ4v) is 2.01. The van der Waals surface area contributed by atoms with E-state index in [0.717, 1.165) is 11.3 Å². The molecule has 0 atom stereocenters. The summed E-state index contributed by atoms with van der Waals surface area (Å²) in [5, 5.41) is 0. The first kappa shape index (κ1) is 14.1. The molecule has 0 aliphatic heterocycles. The van der Waals surface area contributed by atoms with Gasteiger partial charge in [-0.05, 0) is 35.9 Å². The molecule has 4 heteroatoms. The lowest BCUT2D eigenvalue weighted by molar-refractivity contribution is 0.0599. The summed E-state index contributed by atoms with van der Waals surface area (Å²) in [6, 6.07) is 13.5. The van der Waals surface area contributed by atoms with Crippen LogP contribution >= 0.6 is 0 Å². The Labute approximate surface area is 117 Å². The third-order valence-electron chi connectivity index (χ3n) is 3.10. The Kier molecular flexibility index (Phi) is 4.35. The molecule has 2 aromatic rings. The van der Waals surface area contributed by atoms with Crippen LogP contribution in [0.2, 0.25) is 0 Å². The lowest BCUT2D eigenvalue weighted by atomic mass is 10.1. The number of carbonyl (C=O) groups is 1. The number of esters is 1. The van der Waals surface area contributed by atoms with Crippen LogP contribution in [0.15, 0.2) is 48.5 Å². The van der Waals surface area contributed by atoms with Gasteiger partial charge in [0.2, 0.25) is 0 Å². The van der Waals surface area contributed by atoms with E-state index in [9.17, 15) is 9.18 Å². The molecule has 104 valence electrons. The van der Waals surface area contributed by atoms with Crippen molar-refractivity contribution in [3.63, 3.8) is 0 Å². The molecule has 0 spiro atoms. The molecule has 0 aliphatic carbocycles. The third-order valence-corrected chi connectivity index (χ3v) is 3.10. The minimum Gasteiger partial charge on any atom is -0.465 e. The van der Waals surface area contributed by atoms with E-state index in [1.165, 1.54) is 19.2 Å². The van der Waals surface area contributed by atoms with Crippen LogP contribution in [0.3, 0.4) is 0 Å². The van der Waals surface area contributed by atoms with Gasteiger partial charge in [0, 0.05) is 19.3 Å². The van der Waals surface area contributed by atoms with Crippen LogP contribution in [0.25, 0.3) is 0 Å². The largest absolute Gasteiger partial charge is 0.465 e. The zero-order valence-electron chi connectivity index (χ0n) is 11.5. The van der Waals surface area contributed by atoms with Crippen LogP contribution in [0, 0.1) is 5.82 Å². The van der Waals surface area contributed by atoms with Gasteiger partial charge in [-0.3, -0.25) is 0 Å². The molecule has 0 unspecified atom stereocenters. The first-order valence-electron chi connectivity index (χ1n) is 6.24. The van der Waals surface area contributed by atoms with E-state index in [1.54, 1.807) is 24.3 Å². The van der Waals surface area contributed by atoms with Gasteiger partial charge in [0.05, 0.1) is 12.7 Å². The standard InChI is InChI=1S/C16H16FNO2/c1-18(14-9-7-13(17)8-10-14)11-12-5-3-4-6-15(12)16(19)20-2/h3-10H,11H2,1-2H3. The van der Waals surface area contributed by atoms with E-state index in [1.807, 2.05) is 24.1 Å². The number of ether oxygens (including phenoxy) is 1. The number of nitrogens with zero attached hydrogens (tertiary/aromatic N) is 1. The fraction of sp³-hybridized carbons (Fsp3) is 0.188. The summed E-state index contributed by atoms with van der Waals surface area (Å²) in [4.78, 5) is 13.7. The molecule has 2 aromatic carbocycles. The molecular formula is C16H16FNO2. The summed E-state index contributed by atoms with van der Waals surface area (Å²) in [5.41, 5.74) is 2.29. The number of methoxy groups -OCH3 is 1. The Bertz CT molecular complexity index is 596. The number of carbonyl (C=O) groups excluding carboxylic acids is 1. The van der Waals surface area contributed by atoms with Crippen molar-refractivity contribution in [2.75, 3.05) is 19.1 Å². The van der Waals surface area contributed by atoms with Gasteiger partial charge in [0.1, 0.15) is 5.82 Å². The summed E-state index contributed by atoms with van der Waals surface area (Å²) < 4.78 is 17.7. The van der Waals surface area contributed by atoms with Gasteiger partial charge >= 0.3 is 5.97 Å². The fourth-order valence-electron chi connectivity index (χ4n) is 2.01. The second-order valence-corrected chi connectivity index (χ2v) is 4.48. The molecule has 3 nitrogen and oxygen atoms in total. The van der Waals surface area contributed by atoms with Crippen molar-refractivity contribution in [2.45, 2.75) is 6.54 Å². The van der Waals surface area contributed by atoms with E-state index in [-0.39, 0.29) is 11.8 Å². The second kappa shape index (κ2) is 6.19. The predicted octanol–water partition coefficient (Wildman–Crippen LogP) is 3.25. The highest BCUT2D eigenvalue weighted by Crippen LogP contribution is 2.18. The van der Waals surface area contributed by atoms with Gasteiger partial charge in [-0.25, -0.2) is 9.18 Å². The van der Waals surface area contributed by atoms with Crippen LogP contribution in [-0.2, 0) is 11.3 Å². The normalized spacial score (nSPS) is 10.2. The maximum Gasteiger partial charge on any atom is 0.338 e. The summed E-state index contributed by atoms with van der Waals surface area (Å²) in [7, 11) is 3.25. The lowest BCUT2D eigenvalue weighted by Gasteiger charge is -2.20. The Morgan fingerprint density at radius 1 is 1.15 bits per heavy atom. The van der Waals surface area contributed by atoms with Crippen molar-refractivity contribution in [1.29, 1.82) is 0 Å². The summed E-state index contributed by atoms with van der Waals surface area (Å²) >= 11 is 0. The quantitative estimate of drug-likeness (QED) is 0.801. The van der Waals surface area contributed by atoms with Crippen molar-refractivity contribution in [3.8, 4) is 0 Å². The number of halogens is 1. The van der Waals surface area contributed by atoms with Crippen molar-refractivity contribution in [2.24, 2.45) is 0 Å². The maximum atomic E-state index is 12.9.